The molecule has 0 bridgehead atoms. The van der Waals surface area contributed by atoms with Crippen LogP contribution in [0.2, 0.25) is 0 Å². The number of hydrogen-bond donors (Lipinski definition) is 0. The predicted octanol–water partition coefficient (Wildman–Crippen LogP) is 3.88. The van der Waals surface area contributed by atoms with Crippen LogP contribution in [-0.4, -0.2) is 11.8 Å². The van der Waals surface area contributed by atoms with E-state index in [0.717, 1.165) is 6.42 Å². The zero-order valence-electron chi connectivity index (χ0n) is 13.1. The van der Waals surface area contributed by atoms with Crippen LogP contribution in [0.5, 0.6) is 0 Å². The molecule has 1 aromatic carbocycles. The molecule has 1 fully saturated rings. The molecule has 20 heavy (non-hydrogen) atoms. The smallest absolute Gasteiger partial charge is 0.237 e. The normalized spacial score (nSPS) is 22.0. The molecule has 1 aromatic rings. The fourth-order valence-corrected chi connectivity index (χ4v) is 2.76. The van der Waals surface area contributed by atoms with E-state index < -0.39 is 0 Å². The highest BCUT2D eigenvalue weighted by molar-refractivity contribution is 6.22. The quantitative estimate of drug-likeness (QED) is 0.785. The second kappa shape index (κ2) is 7.22. The largest absolute Gasteiger partial charge is 0.274 e. The molecule has 0 aliphatic carbocycles. The van der Waals surface area contributed by atoms with Gasteiger partial charge >= 0.3 is 0 Å². The minimum Gasteiger partial charge on any atom is -0.274 e. The van der Waals surface area contributed by atoms with Gasteiger partial charge in [0.2, 0.25) is 11.8 Å². The number of carbonyl (C=O) groups excluding carboxylic acids is 2. The molecule has 2 rings (SSSR count). The Hall–Kier alpha value is -1.64. The fourth-order valence-electron chi connectivity index (χ4n) is 2.76. The molecule has 1 saturated heterocycles. The van der Waals surface area contributed by atoms with Crippen molar-refractivity contribution in [1.29, 1.82) is 0 Å². The topological polar surface area (TPSA) is 37.4 Å². The van der Waals surface area contributed by atoms with E-state index in [-0.39, 0.29) is 29.6 Å². The molecule has 3 nitrogen and oxygen atoms in total. The summed E-state index contributed by atoms with van der Waals surface area (Å²) in [6.45, 7) is 9.99. The summed E-state index contributed by atoms with van der Waals surface area (Å²) in [5.41, 5.74) is 0.689. The Labute approximate surface area is 122 Å². The summed E-state index contributed by atoms with van der Waals surface area (Å²) in [6.07, 6.45) is 0.719. The Bertz CT molecular complexity index is 453. The number of imide groups is 1. The fraction of sp³-hybridized carbons (Fsp3) is 0.529. The SMILES string of the molecule is CC.CCC1C(=O)N(c2ccccc2)C(=O)C1C(C)C. The number of amides is 2. The van der Waals surface area contributed by atoms with E-state index in [4.69, 9.17) is 0 Å². The third kappa shape index (κ3) is 2.92. The van der Waals surface area contributed by atoms with Gasteiger partial charge in [-0.1, -0.05) is 52.8 Å². The van der Waals surface area contributed by atoms with Crippen molar-refractivity contribution in [2.75, 3.05) is 4.90 Å². The lowest BCUT2D eigenvalue weighted by atomic mass is 9.84. The number of carbonyl (C=O) groups is 2. The van der Waals surface area contributed by atoms with Crippen LogP contribution in [0.15, 0.2) is 30.3 Å². The van der Waals surface area contributed by atoms with E-state index in [2.05, 4.69) is 0 Å². The van der Waals surface area contributed by atoms with Crippen LogP contribution < -0.4 is 4.90 Å². The van der Waals surface area contributed by atoms with Crippen molar-refractivity contribution < 1.29 is 9.59 Å². The van der Waals surface area contributed by atoms with Gasteiger partial charge in [0.15, 0.2) is 0 Å². The Kier molecular flexibility index (Phi) is 5.93. The minimum atomic E-state index is -0.178. The van der Waals surface area contributed by atoms with Crippen LogP contribution in [0.1, 0.15) is 41.0 Å². The van der Waals surface area contributed by atoms with Crippen molar-refractivity contribution in [3.05, 3.63) is 30.3 Å². The van der Waals surface area contributed by atoms with Crippen molar-refractivity contribution in [2.24, 2.45) is 17.8 Å². The van der Waals surface area contributed by atoms with Crippen LogP contribution in [0.3, 0.4) is 0 Å². The molecular formula is C17H25NO2. The number of anilines is 1. The zero-order chi connectivity index (χ0) is 15.3. The summed E-state index contributed by atoms with van der Waals surface area (Å²) in [5, 5.41) is 0. The Morgan fingerprint density at radius 1 is 1.05 bits per heavy atom. The zero-order valence-corrected chi connectivity index (χ0v) is 13.1. The number of hydrogen-bond acceptors (Lipinski definition) is 2. The lowest BCUT2D eigenvalue weighted by Gasteiger charge is -2.17. The first-order valence-electron chi connectivity index (χ1n) is 7.50. The minimum absolute atomic E-state index is 0.0481. The van der Waals surface area contributed by atoms with Gasteiger partial charge in [0.25, 0.3) is 0 Å². The molecule has 0 saturated carbocycles. The average molecular weight is 275 g/mol. The van der Waals surface area contributed by atoms with Gasteiger partial charge in [-0.25, -0.2) is 0 Å². The van der Waals surface area contributed by atoms with E-state index in [1.807, 2.05) is 65.0 Å². The summed E-state index contributed by atoms with van der Waals surface area (Å²) in [6, 6.07) is 9.20. The molecule has 2 atom stereocenters. The second-order valence-corrected chi connectivity index (χ2v) is 5.13. The molecule has 1 aliphatic rings. The van der Waals surface area contributed by atoms with Gasteiger partial charge in [-0.3, -0.25) is 14.5 Å². The molecular weight excluding hydrogens is 250 g/mol. The lowest BCUT2D eigenvalue weighted by molar-refractivity contribution is -0.122. The van der Waals surface area contributed by atoms with Crippen molar-refractivity contribution in [2.45, 2.75) is 41.0 Å². The van der Waals surface area contributed by atoms with E-state index >= 15 is 0 Å². The molecule has 0 radical (unpaired) electrons. The van der Waals surface area contributed by atoms with Gasteiger partial charge in [-0.05, 0) is 24.5 Å². The summed E-state index contributed by atoms with van der Waals surface area (Å²) >= 11 is 0. The molecule has 3 heteroatoms. The third-order valence-electron chi connectivity index (χ3n) is 3.65. The van der Waals surface area contributed by atoms with Crippen LogP contribution >= 0.6 is 0 Å². The van der Waals surface area contributed by atoms with Crippen LogP contribution in [-0.2, 0) is 9.59 Å². The molecule has 0 aromatic heterocycles. The summed E-state index contributed by atoms with van der Waals surface area (Å²) in [5.74, 6) is -0.249. The summed E-state index contributed by atoms with van der Waals surface area (Å²) in [4.78, 5) is 26.2. The summed E-state index contributed by atoms with van der Waals surface area (Å²) < 4.78 is 0. The van der Waals surface area contributed by atoms with E-state index in [0.29, 0.717) is 5.69 Å². The van der Waals surface area contributed by atoms with Gasteiger partial charge in [-0.15, -0.1) is 0 Å². The highest BCUT2D eigenvalue weighted by atomic mass is 16.2. The Morgan fingerprint density at radius 2 is 1.60 bits per heavy atom. The van der Waals surface area contributed by atoms with Crippen LogP contribution in [0.25, 0.3) is 0 Å². The van der Waals surface area contributed by atoms with Crippen molar-refractivity contribution in [1.82, 2.24) is 0 Å². The standard InChI is InChI=1S/C15H19NO2.C2H6/c1-4-12-13(10(2)3)15(18)16(14(12)17)11-8-6-5-7-9-11;1-2/h5-10,12-13H,4H2,1-3H3;1-2H3. The maximum atomic E-state index is 12.4. The first-order valence-corrected chi connectivity index (χ1v) is 7.50. The second-order valence-electron chi connectivity index (χ2n) is 5.13. The summed E-state index contributed by atoms with van der Waals surface area (Å²) in [7, 11) is 0. The Morgan fingerprint density at radius 3 is 2.00 bits per heavy atom. The van der Waals surface area contributed by atoms with Crippen molar-refractivity contribution in [3.8, 4) is 0 Å². The maximum Gasteiger partial charge on any atom is 0.237 e. The van der Waals surface area contributed by atoms with Gasteiger partial charge in [-0.2, -0.15) is 0 Å². The predicted molar refractivity (Wildman–Crippen MR) is 82.4 cm³/mol. The molecule has 0 spiro atoms. The van der Waals surface area contributed by atoms with Gasteiger partial charge in [0.05, 0.1) is 17.5 Å². The molecule has 110 valence electrons. The van der Waals surface area contributed by atoms with Gasteiger partial charge in [0.1, 0.15) is 0 Å². The van der Waals surface area contributed by atoms with E-state index in [1.165, 1.54) is 4.90 Å². The monoisotopic (exact) mass is 275 g/mol. The number of rotatable bonds is 3. The molecule has 1 aliphatic heterocycles. The van der Waals surface area contributed by atoms with E-state index in [1.54, 1.807) is 0 Å². The number of benzene rings is 1. The van der Waals surface area contributed by atoms with Gasteiger partial charge in [0, 0.05) is 0 Å². The first-order chi connectivity index (χ1) is 9.57. The van der Waals surface area contributed by atoms with Crippen molar-refractivity contribution in [3.63, 3.8) is 0 Å². The number of para-hydroxylation sites is 1. The van der Waals surface area contributed by atoms with Crippen LogP contribution in [0, 0.1) is 17.8 Å². The molecule has 2 unspecified atom stereocenters. The average Bonchev–Trinajstić information content (AvgIpc) is 2.72. The number of nitrogens with zero attached hydrogens (tertiary/aromatic N) is 1. The van der Waals surface area contributed by atoms with Crippen molar-refractivity contribution >= 4 is 17.5 Å². The highest BCUT2D eigenvalue weighted by Gasteiger charge is 2.48. The highest BCUT2D eigenvalue weighted by Crippen LogP contribution is 2.36. The Balaban J connectivity index is 0.000000956. The van der Waals surface area contributed by atoms with Crippen LogP contribution in [0.4, 0.5) is 5.69 Å². The molecule has 1 heterocycles. The van der Waals surface area contributed by atoms with E-state index in [9.17, 15) is 9.59 Å². The molecule has 2 amide bonds. The van der Waals surface area contributed by atoms with Gasteiger partial charge < -0.3 is 0 Å². The first kappa shape index (κ1) is 16.4. The lowest BCUT2D eigenvalue weighted by Crippen LogP contribution is -2.31. The maximum absolute atomic E-state index is 12.4. The molecule has 0 N–H and O–H groups in total. The third-order valence-corrected chi connectivity index (χ3v) is 3.65.